The quantitative estimate of drug-likeness (QED) is 0.760. The summed E-state index contributed by atoms with van der Waals surface area (Å²) in [5.41, 5.74) is 6.47. The summed E-state index contributed by atoms with van der Waals surface area (Å²) in [7, 11) is 0. The molecule has 0 aliphatic carbocycles. The molecule has 1 saturated heterocycles. The first-order chi connectivity index (χ1) is 8.84. The number of hydrogen-bond acceptors (Lipinski definition) is 4. The van der Waals surface area contributed by atoms with Gasteiger partial charge in [-0.2, -0.15) is 0 Å². The van der Waals surface area contributed by atoms with Crippen LogP contribution in [-0.4, -0.2) is 43.7 Å². The molecule has 5 nitrogen and oxygen atoms in total. The Morgan fingerprint density at radius 2 is 1.94 bits per heavy atom. The highest BCUT2D eigenvalue weighted by atomic mass is 16.5. The maximum atomic E-state index is 11.6. The number of benzene rings is 1. The Hall–Kier alpha value is -1.59. The van der Waals surface area contributed by atoms with Crippen molar-refractivity contribution in [2.24, 2.45) is 0 Å². The molecule has 0 bridgehead atoms. The maximum Gasteiger partial charge on any atom is 0.239 e. The number of hydrazine groups is 1. The maximum absolute atomic E-state index is 11.6. The standard InChI is InChI=1S/C13H19N3O2/c17-13(6-7-16-8-10-18-11-9-16)15-14-12-4-2-1-3-5-12/h1-5,14H,6-11H2,(H,15,17). The van der Waals surface area contributed by atoms with E-state index in [0.717, 1.165) is 38.5 Å². The van der Waals surface area contributed by atoms with E-state index in [9.17, 15) is 4.79 Å². The first kappa shape index (κ1) is 12.9. The summed E-state index contributed by atoms with van der Waals surface area (Å²) >= 11 is 0. The number of carbonyl (C=O) groups is 1. The molecule has 5 heteroatoms. The van der Waals surface area contributed by atoms with E-state index in [1.54, 1.807) is 0 Å². The van der Waals surface area contributed by atoms with Crippen LogP contribution in [0.2, 0.25) is 0 Å². The molecule has 1 aromatic carbocycles. The summed E-state index contributed by atoms with van der Waals surface area (Å²) in [4.78, 5) is 13.9. The number of anilines is 1. The second-order valence-corrected chi connectivity index (χ2v) is 4.24. The topological polar surface area (TPSA) is 53.6 Å². The third-order valence-corrected chi connectivity index (χ3v) is 2.88. The van der Waals surface area contributed by atoms with Gasteiger partial charge in [0.2, 0.25) is 5.91 Å². The lowest BCUT2D eigenvalue weighted by atomic mass is 10.3. The van der Waals surface area contributed by atoms with E-state index in [2.05, 4.69) is 15.8 Å². The van der Waals surface area contributed by atoms with E-state index in [1.807, 2.05) is 30.3 Å². The second kappa shape index (κ2) is 6.98. The summed E-state index contributed by atoms with van der Waals surface area (Å²) in [5.74, 6) is 0.00495. The zero-order chi connectivity index (χ0) is 12.6. The molecule has 0 saturated carbocycles. The second-order valence-electron chi connectivity index (χ2n) is 4.24. The van der Waals surface area contributed by atoms with E-state index >= 15 is 0 Å². The van der Waals surface area contributed by atoms with Crippen molar-refractivity contribution in [3.05, 3.63) is 30.3 Å². The zero-order valence-corrected chi connectivity index (χ0v) is 10.4. The van der Waals surface area contributed by atoms with Crippen LogP contribution >= 0.6 is 0 Å². The Morgan fingerprint density at radius 3 is 2.67 bits per heavy atom. The molecule has 0 aromatic heterocycles. The van der Waals surface area contributed by atoms with Gasteiger partial charge < -0.3 is 4.74 Å². The summed E-state index contributed by atoms with van der Waals surface area (Å²) in [6.07, 6.45) is 0.500. The van der Waals surface area contributed by atoms with Gasteiger partial charge in [0, 0.05) is 26.1 Å². The number of carbonyl (C=O) groups excluding carboxylic acids is 1. The Morgan fingerprint density at radius 1 is 1.22 bits per heavy atom. The van der Waals surface area contributed by atoms with Crippen molar-refractivity contribution in [3.8, 4) is 0 Å². The smallest absolute Gasteiger partial charge is 0.239 e. The van der Waals surface area contributed by atoms with E-state index in [4.69, 9.17) is 4.74 Å². The van der Waals surface area contributed by atoms with Crippen molar-refractivity contribution in [1.82, 2.24) is 10.3 Å². The van der Waals surface area contributed by atoms with Crippen molar-refractivity contribution in [2.45, 2.75) is 6.42 Å². The van der Waals surface area contributed by atoms with Crippen molar-refractivity contribution in [1.29, 1.82) is 0 Å². The lowest BCUT2D eigenvalue weighted by Gasteiger charge is -2.26. The number of ether oxygens (including phenoxy) is 1. The van der Waals surface area contributed by atoms with Crippen molar-refractivity contribution in [2.75, 3.05) is 38.3 Å². The summed E-state index contributed by atoms with van der Waals surface area (Å²) in [5, 5.41) is 0. The molecule has 18 heavy (non-hydrogen) atoms. The molecule has 2 N–H and O–H groups in total. The number of nitrogens with one attached hydrogen (secondary N) is 2. The van der Waals surface area contributed by atoms with Crippen molar-refractivity contribution < 1.29 is 9.53 Å². The molecular formula is C13H19N3O2. The lowest BCUT2D eigenvalue weighted by molar-refractivity contribution is -0.121. The predicted octanol–water partition coefficient (Wildman–Crippen LogP) is 0.852. The average molecular weight is 249 g/mol. The highest BCUT2D eigenvalue weighted by Gasteiger charge is 2.11. The molecule has 1 aliphatic heterocycles. The normalized spacial score (nSPS) is 16.2. The summed E-state index contributed by atoms with van der Waals surface area (Å²) in [6, 6.07) is 9.58. The monoisotopic (exact) mass is 249 g/mol. The summed E-state index contributed by atoms with van der Waals surface area (Å²) < 4.78 is 5.26. The van der Waals surface area contributed by atoms with Gasteiger partial charge in [-0.25, -0.2) is 0 Å². The van der Waals surface area contributed by atoms with E-state index in [0.29, 0.717) is 6.42 Å². The Bertz CT molecular complexity index is 364. The minimum atomic E-state index is 0.00495. The van der Waals surface area contributed by atoms with E-state index < -0.39 is 0 Å². The van der Waals surface area contributed by atoms with Crippen LogP contribution in [0.4, 0.5) is 5.69 Å². The molecule has 1 amide bonds. The molecular weight excluding hydrogens is 230 g/mol. The number of hydrogen-bond donors (Lipinski definition) is 2. The van der Waals surface area contributed by atoms with Crippen LogP contribution in [0.5, 0.6) is 0 Å². The Balaban J connectivity index is 1.63. The largest absolute Gasteiger partial charge is 0.379 e. The Labute approximate surface area is 107 Å². The van der Waals surface area contributed by atoms with Gasteiger partial charge in [0.05, 0.1) is 18.9 Å². The van der Waals surface area contributed by atoms with Crippen molar-refractivity contribution in [3.63, 3.8) is 0 Å². The SMILES string of the molecule is O=C(CCN1CCOCC1)NNc1ccccc1. The zero-order valence-electron chi connectivity index (χ0n) is 10.4. The van der Waals surface area contributed by atoms with Gasteiger partial charge in [-0.15, -0.1) is 0 Å². The highest BCUT2D eigenvalue weighted by molar-refractivity contribution is 5.77. The van der Waals surface area contributed by atoms with Gasteiger partial charge in [-0.1, -0.05) is 18.2 Å². The predicted molar refractivity (Wildman–Crippen MR) is 70.1 cm³/mol. The molecule has 1 aliphatic rings. The van der Waals surface area contributed by atoms with Crippen LogP contribution in [0.25, 0.3) is 0 Å². The number of rotatable bonds is 5. The van der Waals surface area contributed by atoms with Crippen LogP contribution < -0.4 is 10.9 Å². The van der Waals surface area contributed by atoms with Gasteiger partial charge in [-0.05, 0) is 12.1 Å². The first-order valence-electron chi connectivity index (χ1n) is 6.24. The number of para-hydroxylation sites is 1. The van der Waals surface area contributed by atoms with Gasteiger partial charge in [0.25, 0.3) is 0 Å². The molecule has 0 unspecified atom stereocenters. The summed E-state index contributed by atoms with van der Waals surface area (Å²) in [6.45, 7) is 4.15. The number of amides is 1. The fourth-order valence-electron chi connectivity index (χ4n) is 1.81. The molecule has 1 fully saturated rings. The van der Waals surface area contributed by atoms with Crippen LogP contribution in [0.1, 0.15) is 6.42 Å². The van der Waals surface area contributed by atoms with Crippen LogP contribution in [0, 0.1) is 0 Å². The average Bonchev–Trinajstić information content (AvgIpc) is 2.45. The van der Waals surface area contributed by atoms with E-state index in [1.165, 1.54) is 0 Å². The number of nitrogens with zero attached hydrogens (tertiary/aromatic N) is 1. The fourth-order valence-corrected chi connectivity index (χ4v) is 1.81. The lowest BCUT2D eigenvalue weighted by Crippen LogP contribution is -2.39. The molecule has 2 rings (SSSR count). The third-order valence-electron chi connectivity index (χ3n) is 2.88. The van der Waals surface area contributed by atoms with Crippen LogP contribution in [-0.2, 0) is 9.53 Å². The highest BCUT2D eigenvalue weighted by Crippen LogP contribution is 2.03. The van der Waals surface area contributed by atoms with Crippen molar-refractivity contribution >= 4 is 11.6 Å². The third kappa shape index (κ3) is 4.35. The molecule has 0 atom stereocenters. The van der Waals surface area contributed by atoms with Gasteiger partial charge >= 0.3 is 0 Å². The molecule has 0 radical (unpaired) electrons. The van der Waals surface area contributed by atoms with Crippen LogP contribution in [0.15, 0.2) is 30.3 Å². The molecule has 98 valence electrons. The Kier molecular flexibility index (Phi) is 4.99. The van der Waals surface area contributed by atoms with E-state index in [-0.39, 0.29) is 5.91 Å². The molecule has 1 heterocycles. The minimum absolute atomic E-state index is 0.00495. The van der Waals surface area contributed by atoms with Gasteiger partial charge in [0.1, 0.15) is 0 Å². The molecule has 1 aromatic rings. The fraction of sp³-hybridized carbons (Fsp3) is 0.462. The molecule has 0 spiro atoms. The number of morpholine rings is 1. The van der Waals surface area contributed by atoms with Gasteiger partial charge in [-0.3, -0.25) is 20.5 Å². The van der Waals surface area contributed by atoms with Crippen LogP contribution in [0.3, 0.4) is 0 Å². The van der Waals surface area contributed by atoms with Gasteiger partial charge in [0.15, 0.2) is 0 Å². The minimum Gasteiger partial charge on any atom is -0.379 e. The first-order valence-corrected chi connectivity index (χ1v) is 6.24.